The van der Waals surface area contributed by atoms with Crippen LogP contribution < -0.4 is 5.32 Å². The molecule has 0 bridgehead atoms. The predicted octanol–water partition coefficient (Wildman–Crippen LogP) is 4.23. The van der Waals surface area contributed by atoms with Crippen LogP contribution in [0, 0.1) is 0 Å². The first-order valence-electron chi connectivity index (χ1n) is 5.57. The maximum atomic E-state index is 4.24. The van der Waals surface area contributed by atoms with E-state index < -0.39 is 0 Å². The topological polar surface area (TPSA) is 37.8 Å². The van der Waals surface area contributed by atoms with Crippen LogP contribution >= 0.6 is 43.2 Å². The van der Waals surface area contributed by atoms with E-state index in [1.54, 1.807) is 11.3 Å². The van der Waals surface area contributed by atoms with Crippen molar-refractivity contribution in [2.75, 3.05) is 0 Å². The molecule has 1 heterocycles. The van der Waals surface area contributed by atoms with Gasteiger partial charge >= 0.3 is 0 Å². The Balaban J connectivity index is 2.18. The summed E-state index contributed by atoms with van der Waals surface area (Å²) in [6, 6.07) is 6.52. The molecular weight excluding hydrogens is 378 g/mol. The number of benzene rings is 1. The highest BCUT2D eigenvalue weighted by Gasteiger charge is 2.10. The maximum Gasteiger partial charge on any atom is 0.148 e. The molecule has 0 amide bonds. The first-order chi connectivity index (χ1) is 8.56. The summed E-state index contributed by atoms with van der Waals surface area (Å²) in [5.41, 5.74) is 1.08. The third-order valence-electron chi connectivity index (χ3n) is 2.29. The van der Waals surface area contributed by atoms with Crippen LogP contribution in [0.15, 0.2) is 27.1 Å². The summed E-state index contributed by atoms with van der Waals surface area (Å²) in [7, 11) is 0. The molecule has 0 saturated heterocycles. The van der Waals surface area contributed by atoms with Crippen molar-refractivity contribution >= 4 is 43.2 Å². The molecule has 0 aliphatic carbocycles. The highest BCUT2D eigenvalue weighted by Crippen LogP contribution is 2.32. The lowest BCUT2D eigenvalue weighted by Gasteiger charge is -2.03. The molecular formula is C12H13Br2N3S. The van der Waals surface area contributed by atoms with Gasteiger partial charge in [-0.3, -0.25) is 0 Å². The number of nitrogens with zero attached hydrogens (tertiary/aromatic N) is 2. The maximum absolute atomic E-state index is 4.24. The van der Waals surface area contributed by atoms with E-state index in [1.807, 2.05) is 18.2 Å². The van der Waals surface area contributed by atoms with Crippen LogP contribution in [0.25, 0.3) is 10.6 Å². The second-order valence-electron chi connectivity index (χ2n) is 4.16. The molecule has 0 atom stereocenters. The Morgan fingerprint density at radius 3 is 2.72 bits per heavy atom. The number of aromatic nitrogens is 2. The second-order valence-corrected chi connectivity index (χ2v) is 6.99. The van der Waals surface area contributed by atoms with Gasteiger partial charge in [0.15, 0.2) is 0 Å². The molecule has 1 aromatic heterocycles. The first kappa shape index (κ1) is 14.1. The van der Waals surface area contributed by atoms with E-state index in [-0.39, 0.29) is 0 Å². The molecule has 0 unspecified atom stereocenters. The van der Waals surface area contributed by atoms with Crippen LogP contribution in [0.3, 0.4) is 0 Å². The third-order valence-corrected chi connectivity index (χ3v) is 4.40. The van der Waals surface area contributed by atoms with Crippen molar-refractivity contribution in [1.82, 2.24) is 15.5 Å². The Morgan fingerprint density at radius 2 is 2.06 bits per heavy atom. The SMILES string of the molecule is CC(C)NCc1nnc(-c2ccc(Br)cc2Br)s1. The number of hydrogen-bond acceptors (Lipinski definition) is 4. The smallest absolute Gasteiger partial charge is 0.148 e. The molecule has 96 valence electrons. The predicted molar refractivity (Wildman–Crippen MR) is 82.7 cm³/mol. The largest absolute Gasteiger partial charge is 0.308 e. The van der Waals surface area contributed by atoms with Crippen molar-refractivity contribution in [1.29, 1.82) is 0 Å². The summed E-state index contributed by atoms with van der Waals surface area (Å²) in [6.45, 7) is 5.00. The van der Waals surface area contributed by atoms with E-state index in [9.17, 15) is 0 Å². The molecule has 18 heavy (non-hydrogen) atoms. The van der Waals surface area contributed by atoms with Crippen LogP contribution in [0.2, 0.25) is 0 Å². The standard InChI is InChI=1S/C12H13Br2N3S/c1-7(2)15-6-11-16-17-12(18-11)9-4-3-8(13)5-10(9)14/h3-5,7,15H,6H2,1-2H3. The number of rotatable bonds is 4. The molecule has 6 heteroatoms. The second kappa shape index (κ2) is 6.23. The molecule has 1 N–H and O–H groups in total. The summed E-state index contributed by atoms with van der Waals surface area (Å²) in [6.07, 6.45) is 0. The van der Waals surface area contributed by atoms with Crippen molar-refractivity contribution in [3.63, 3.8) is 0 Å². The molecule has 0 radical (unpaired) electrons. The van der Waals surface area contributed by atoms with Crippen molar-refractivity contribution in [3.05, 3.63) is 32.2 Å². The zero-order valence-electron chi connectivity index (χ0n) is 10.1. The Bertz CT molecular complexity index is 540. The number of nitrogens with one attached hydrogen (secondary N) is 1. The van der Waals surface area contributed by atoms with Gasteiger partial charge in [0.1, 0.15) is 10.0 Å². The average Bonchev–Trinajstić information content (AvgIpc) is 2.75. The summed E-state index contributed by atoms with van der Waals surface area (Å²) in [5.74, 6) is 0. The van der Waals surface area contributed by atoms with Gasteiger partial charge < -0.3 is 5.32 Å². The normalized spacial score (nSPS) is 11.2. The lowest BCUT2D eigenvalue weighted by atomic mass is 10.2. The van der Waals surface area contributed by atoms with E-state index in [1.165, 1.54) is 0 Å². The fourth-order valence-corrected chi connectivity index (χ4v) is 3.58. The molecule has 2 rings (SSSR count). The van der Waals surface area contributed by atoms with Crippen molar-refractivity contribution in [2.45, 2.75) is 26.4 Å². The Kier molecular flexibility index (Phi) is 4.89. The van der Waals surface area contributed by atoms with Gasteiger partial charge in [-0.15, -0.1) is 10.2 Å². The third kappa shape index (κ3) is 3.60. The molecule has 2 aromatic rings. The summed E-state index contributed by atoms with van der Waals surface area (Å²) in [4.78, 5) is 0. The minimum absolute atomic E-state index is 0.455. The van der Waals surface area contributed by atoms with Crippen molar-refractivity contribution in [3.8, 4) is 10.6 Å². The Hall–Kier alpha value is -0.300. The van der Waals surface area contributed by atoms with E-state index in [4.69, 9.17) is 0 Å². The highest BCUT2D eigenvalue weighted by molar-refractivity contribution is 9.11. The fourth-order valence-electron chi connectivity index (χ4n) is 1.39. The number of hydrogen-bond donors (Lipinski definition) is 1. The van der Waals surface area contributed by atoms with Gasteiger partial charge in [-0.1, -0.05) is 57.0 Å². The average molecular weight is 391 g/mol. The lowest BCUT2D eigenvalue weighted by molar-refractivity contribution is 0.585. The summed E-state index contributed by atoms with van der Waals surface area (Å²) in [5, 5.41) is 13.7. The fraction of sp³-hybridized carbons (Fsp3) is 0.333. The molecule has 0 fully saturated rings. The highest BCUT2D eigenvalue weighted by atomic mass is 79.9. The van der Waals surface area contributed by atoms with Crippen molar-refractivity contribution in [2.24, 2.45) is 0 Å². The van der Waals surface area contributed by atoms with Crippen molar-refractivity contribution < 1.29 is 0 Å². The van der Waals surface area contributed by atoms with Crippen LogP contribution in [0.5, 0.6) is 0 Å². The first-order valence-corrected chi connectivity index (χ1v) is 7.97. The van der Waals surface area contributed by atoms with E-state index in [0.717, 1.165) is 31.1 Å². The van der Waals surface area contributed by atoms with Gasteiger partial charge in [-0.2, -0.15) is 0 Å². The molecule has 1 aromatic carbocycles. The van der Waals surface area contributed by atoms with Crippen LogP contribution in [-0.4, -0.2) is 16.2 Å². The van der Waals surface area contributed by atoms with Crippen LogP contribution in [0.4, 0.5) is 0 Å². The van der Waals surface area contributed by atoms with E-state index in [0.29, 0.717) is 6.04 Å². The summed E-state index contributed by atoms with van der Waals surface area (Å²) < 4.78 is 2.07. The van der Waals surface area contributed by atoms with E-state index in [2.05, 4.69) is 61.2 Å². The molecule has 0 spiro atoms. The van der Waals surface area contributed by atoms with Gasteiger partial charge in [0.25, 0.3) is 0 Å². The summed E-state index contributed by atoms with van der Waals surface area (Å²) >= 11 is 8.61. The molecule has 3 nitrogen and oxygen atoms in total. The zero-order valence-corrected chi connectivity index (χ0v) is 14.1. The van der Waals surface area contributed by atoms with E-state index >= 15 is 0 Å². The van der Waals surface area contributed by atoms with Crippen LogP contribution in [0.1, 0.15) is 18.9 Å². The molecule has 0 saturated carbocycles. The van der Waals surface area contributed by atoms with Gasteiger partial charge in [-0.25, -0.2) is 0 Å². The van der Waals surface area contributed by atoms with Gasteiger partial charge in [0.2, 0.25) is 0 Å². The lowest BCUT2D eigenvalue weighted by Crippen LogP contribution is -2.21. The minimum atomic E-state index is 0.455. The minimum Gasteiger partial charge on any atom is -0.308 e. The Morgan fingerprint density at radius 1 is 1.28 bits per heavy atom. The van der Waals surface area contributed by atoms with Crippen LogP contribution in [-0.2, 0) is 6.54 Å². The van der Waals surface area contributed by atoms with Gasteiger partial charge in [0, 0.05) is 27.1 Å². The molecule has 0 aliphatic rings. The quantitative estimate of drug-likeness (QED) is 0.848. The molecule has 0 aliphatic heterocycles. The Labute approximate surface area is 127 Å². The van der Waals surface area contributed by atoms with Gasteiger partial charge in [0.05, 0.1) is 0 Å². The number of halogens is 2. The van der Waals surface area contributed by atoms with Gasteiger partial charge in [-0.05, 0) is 18.2 Å². The monoisotopic (exact) mass is 389 g/mol. The zero-order chi connectivity index (χ0) is 13.1.